The number of piperidine rings is 1. The molecule has 3 aromatic rings. The van der Waals surface area contributed by atoms with Crippen LogP contribution >= 0.6 is 37.2 Å². The lowest BCUT2D eigenvalue weighted by Crippen LogP contribution is -2.46. The van der Waals surface area contributed by atoms with Crippen molar-refractivity contribution >= 4 is 53.9 Å². The maximum atomic E-state index is 11.0. The van der Waals surface area contributed by atoms with Crippen molar-refractivity contribution in [2.45, 2.75) is 45.3 Å². The third-order valence-corrected chi connectivity index (χ3v) is 6.75. The van der Waals surface area contributed by atoms with E-state index in [2.05, 4.69) is 53.6 Å². The third-order valence-electron chi connectivity index (χ3n) is 6.75. The number of nitrogens with zero attached hydrogens (tertiary/aromatic N) is 3. The molecule has 1 aliphatic carbocycles. The maximum Gasteiger partial charge on any atom is 0.107 e. The number of benzene rings is 2. The van der Waals surface area contributed by atoms with E-state index in [1.165, 1.54) is 16.7 Å². The molecule has 32 heavy (non-hydrogen) atoms. The van der Waals surface area contributed by atoms with Gasteiger partial charge in [-0.3, -0.25) is 0 Å². The van der Waals surface area contributed by atoms with Gasteiger partial charge in [-0.2, -0.15) is 0 Å². The molecule has 0 radical (unpaired) electrons. The first-order valence-electron chi connectivity index (χ1n) is 10.7. The lowest BCUT2D eigenvalue weighted by atomic mass is 9.98. The molecule has 3 atom stereocenters. The van der Waals surface area contributed by atoms with E-state index in [9.17, 15) is 5.11 Å². The number of aliphatic hydroxyl groups is 1. The molecule has 0 spiro atoms. The molecule has 2 heterocycles. The molecule has 3 N–H and O–H groups in total. The van der Waals surface area contributed by atoms with Crippen molar-refractivity contribution in [2.24, 2.45) is 5.92 Å². The summed E-state index contributed by atoms with van der Waals surface area (Å²) >= 11 is 0. The summed E-state index contributed by atoms with van der Waals surface area (Å²) in [5, 5.41) is 11.0. The van der Waals surface area contributed by atoms with Crippen LogP contribution in [0.3, 0.4) is 0 Å². The minimum absolute atomic E-state index is 0. The van der Waals surface area contributed by atoms with Gasteiger partial charge in [0.05, 0.1) is 23.2 Å². The number of rotatable bonds is 3. The van der Waals surface area contributed by atoms with Crippen molar-refractivity contribution in [3.05, 3.63) is 58.9 Å². The van der Waals surface area contributed by atoms with Gasteiger partial charge in [0.15, 0.2) is 0 Å². The first kappa shape index (κ1) is 26.7. The zero-order chi connectivity index (χ0) is 20.1. The summed E-state index contributed by atoms with van der Waals surface area (Å²) in [6.45, 7) is 6.93. The fourth-order valence-corrected chi connectivity index (χ4v) is 5.42. The average molecular weight is 500 g/mol. The van der Waals surface area contributed by atoms with Crippen LogP contribution in [0.2, 0.25) is 0 Å². The third kappa shape index (κ3) is 5.02. The first-order valence-corrected chi connectivity index (χ1v) is 10.7. The summed E-state index contributed by atoms with van der Waals surface area (Å²) in [6, 6.07) is 12.8. The summed E-state index contributed by atoms with van der Waals surface area (Å²) in [5.41, 5.74) is 13.0. The second kappa shape index (κ2) is 10.6. The number of nitrogen functional groups attached to an aromatic ring is 1. The SMILES string of the molecule is Cc1ccc2c(c1)nc(C)n2[C@@H]1CCN(C[C@H]2Cc3ccc(N)cc3C2)C[C@H]1O.Cl.Cl.Cl. The Labute approximate surface area is 208 Å². The Hall–Kier alpha value is -1.50. The molecule has 1 fully saturated rings. The van der Waals surface area contributed by atoms with E-state index < -0.39 is 0 Å². The Balaban J connectivity index is 0.00000121. The number of halogens is 3. The molecule has 2 aliphatic rings. The lowest BCUT2D eigenvalue weighted by Gasteiger charge is -2.38. The van der Waals surface area contributed by atoms with Crippen molar-refractivity contribution < 1.29 is 5.11 Å². The van der Waals surface area contributed by atoms with Gasteiger partial charge in [-0.1, -0.05) is 12.1 Å². The Morgan fingerprint density at radius 3 is 2.53 bits per heavy atom. The second-order valence-corrected chi connectivity index (χ2v) is 9.01. The second-order valence-electron chi connectivity index (χ2n) is 9.01. The molecule has 0 bridgehead atoms. The van der Waals surface area contributed by atoms with Crippen LogP contribution in [-0.2, 0) is 12.8 Å². The highest BCUT2D eigenvalue weighted by molar-refractivity contribution is 5.86. The van der Waals surface area contributed by atoms with E-state index in [1.54, 1.807) is 0 Å². The van der Waals surface area contributed by atoms with Crippen LogP contribution in [0.5, 0.6) is 0 Å². The van der Waals surface area contributed by atoms with Crippen molar-refractivity contribution in [3.8, 4) is 0 Å². The van der Waals surface area contributed by atoms with Gasteiger partial charge >= 0.3 is 0 Å². The number of likely N-dealkylation sites (tertiary alicyclic amines) is 1. The van der Waals surface area contributed by atoms with E-state index in [-0.39, 0.29) is 49.4 Å². The fourth-order valence-electron chi connectivity index (χ4n) is 5.42. The topological polar surface area (TPSA) is 67.3 Å². The molecule has 0 unspecified atom stereocenters. The number of imidazole rings is 1. The van der Waals surface area contributed by atoms with Crippen LogP contribution in [0.25, 0.3) is 11.0 Å². The van der Waals surface area contributed by atoms with Crippen LogP contribution in [0.4, 0.5) is 5.69 Å². The number of aliphatic hydroxyl groups excluding tert-OH is 1. The number of aromatic nitrogens is 2. The van der Waals surface area contributed by atoms with E-state index in [0.29, 0.717) is 5.92 Å². The number of hydrogen-bond acceptors (Lipinski definition) is 4. The minimum atomic E-state index is -0.374. The van der Waals surface area contributed by atoms with Gasteiger partial charge in [0.1, 0.15) is 5.82 Å². The largest absolute Gasteiger partial charge is 0.399 e. The predicted octanol–water partition coefficient (Wildman–Crippen LogP) is 4.52. The molecule has 1 aliphatic heterocycles. The Bertz CT molecular complexity index is 1070. The standard InChI is InChI=1S/C24H30N4O.3ClH/c1-15-3-6-22-21(9-15)26-16(2)28(22)23-7-8-27(14-24(23)29)13-17-10-18-4-5-20(25)12-19(18)11-17;;;/h3-6,9,12,17,23-24,29H,7-8,10-11,13-14,25H2,1-2H3;3*1H/t17-,23+,24+;;;/m0.../s1. The molecular formula is C24H33Cl3N4O. The molecule has 1 aromatic heterocycles. The highest BCUT2D eigenvalue weighted by atomic mass is 35.5. The molecule has 0 amide bonds. The number of fused-ring (bicyclic) bond motifs is 2. The van der Waals surface area contributed by atoms with Crippen molar-refractivity contribution in [1.82, 2.24) is 14.5 Å². The van der Waals surface area contributed by atoms with E-state index in [1.807, 2.05) is 6.07 Å². The summed E-state index contributed by atoms with van der Waals surface area (Å²) in [6.07, 6.45) is 2.80. The number of nitrogens with two attached hydrogens (primary N) is 1. The van der Waals surface area contributed by atoms with Crippen molar-refractivity contribution in [1.29, 1.82) is 0 Å². The summed E-state index contributed by atoms with van der Waals surface area (Å²) in [5.74, 6) is 1.61. The zero-order valence-electron chi connectivity index (χ0n) is 18.5. The summed E-state index contributed by atoms with van der Waals surface area (Å²) in [4.78, 5) is 7.19. The van der Waals surface area contributed by atoms with E-state index >= 15 is 0 Å². The van der Waals surface area contributed by atoms with Gasteiger partial charge in [0.25, 0.3) is 0 Å². The highest BCUT2D eigenvalue weighted by Crippen LogP contribution is 2.32. The van der Waals surface area contributed by atoms with Crippen LogP contribution in [0.15, 0.2) is 36.4 Å². The molecule has 5 rings (SSSR count). The van der Waals surface area contributed by atoms with Gasteiger partial charge < -0.3 is 20.3 Å². The van der Waals surface area contributed by atoms with Crippen molar-refractivity contribution in [2.75, 3.05) is 25.4 Å². The monoisotopic (exact) mass is 498 g/mol. The quantitative estimate of drug-likeness (QED) is 0.520. The predicted molar refractivity (Wildman–Crippen MR) is 139 cm³/mol. The Kier molecular flexibility index (Phi) is 8.88. The summed E-state index contributed by atoms with van der Waals surface area (Å²) < 4.78 is 2.25. The van der Waals surface area contributed by atoms with Gasteiger partial charge in [0, 0.05) is 25.3 Å². The van der Waals surface area contributed by atoms with Gasteiger partial charge in [-0.05, 0) is 80.0 Å². The van der Waals surface area contributed by atoms with Crippen LogP contribution in [-0.4, -0.2) is 45.3 Å². The molecule has 176 valence electrons. The summed E-state index contributed by atoms with van der Waals surface area (Å²) in [7, 11) is 0. The first-order chi connectivity index (χ1) is 14.0. The fraction of sp³-hybridized carbons (Fsp3) is 0.458. The van der Waals surface area contributed by atoms with Crippen LogP contribution < -0.4 is 5.73 Å². The van der Waals surface area contributed by atoms with Crippen molar-refractivity contribution in [3.63, 3.8) is 0 Å². The number of anilines is 1. The highest BCUT2D eigenvalue weighted by Gasteiger charge is 2.33. The van der Waals surface area contributed by atoms with E-state index in [4.69, 9.17) is 10.7 Å². The number of hydrogen-bond donors (Lipinski definition) is 2. The maximum absolute atomic E-state index is 11.0. The van der Waals surface area contributed by atoms with Gasteiger partial charge in [-0.15, -0.1) is 37.2 Å². The minimum Gasteiger partial charge on any atom is -0.399 e. The molecule has 0 saturated carbocycles. The van der Waals surface area contributed by atoms with Gasteiger partial charge in [0.2, 0.25) is 0 Å². The molecule has 8 heteroatoms. The number of aryl methyl sites for hydroxylation is 2. The van der Waals surface area contributed by atoms with Crippen LogP contribution in [0.1, 0.15) is 35.0 Å². The molecule has 5 nitrogen and oxygen atoms in total. The Morgan fingerprint density at radius 1 is 1.03 bits per heavy atom. The molecule has 1 saturated heterocycles. The Morgan fingerprint density at radius 2 is 1.78 bits per heavy atom. The smallest absolute Gasteiger partial charge is 0.107 e. The van der Waals surface area contributed by atoms with Gasteiger partial charge in [-0.25, -0.2) is 4.98 Å². The van der Waals surface area contributed by atoms with Crippen LogP contribution in [0, 0.1) is 19.8 Å². The lowest BCUT2D eigenvalue weighted by molar-refractivity contribution is 0.0223. The molecule has 2 aromatic carbocycles. The average Bonchev–Trinajstić information content (AvgIpc) is 3.20. The molecular weight excluding hydrogens is 467 g/mol. The zero-order valence-corrected chi connectivity index (χ0v) is 21.0. The number of β-amino-alcohol motifs (C(OH)–C–C–N with tert-alkyl or cyclic N) is 1. The normalized spacial score (nSPS) is 22.5. The van der Waals surface area contributed by atoms with E-state index in [0.717, 1.165) is 61.4 Å².